The zero-order valence-electron chi connectivity index (χ0n) is 10.3. The maximum atomic E-state index is 12.5. The van der Waals surface area contributed by atoms with Gasteiger partial charge in [0.2, 0.25) is 0 Å². The number of benzene rings is 1. The van der Waals surface area contributed by atoms with Crippen LogP contribution in [0.25, 0.3) is 0 Å². The van der Waals surface area contributed by atoms with Crippen LogP contribution in [0.5, 0.6) is 11.5 Å². The van der Waals surface area contributed by atoms with Gasteiger partial charge in [0.05, 0.1) is 5.56 Å². The minimum atomic E-state index is -4.37. The van der Waals surface area contributed by atoms with Crippen LogP contribution in [0.4, 0.5) is 13.2 Å². The molecular weight excluding hydrogens is 275 g/mol. The zero-order chi connectivity index (χ0) is 14.9. The van der Waals surface area contributed by atoms with Gasteiger partial charge in [-0.3, -0.25) is 4.79 Å². The van der Waals surface area contributed by atoms with E-state index in [0.717, 1.165) is 12.1 Å². The molecule has 0 atom stereocenters. The van der Waals surface area contributed by atoms with Crippen LogP contribution in [0.1, 0.15) is 16.8 Å². The summed E-state index contributed by atoms with van der Waals surface area (Å²) >= 11 is 0. The molecule has 0 radical (unpaired) electrons. The fourth-order valence-electron chi connectivity index (χ4n) is 1.98. The van der Waals surface area contributed by atoms with Crippen molar-refractivity contribution in [3.05, 3.63) is 35.4 Å². The van der Waals surface area contributed by atoms with Gasteiger partial charge in [-0.2, -0.15) is 13.2 Å². The van der Waals surface area contributed by atoms with Crippen molar-refractivity contribution in [2.75, 3.05) is 13.1 Å². The third kappa shape index (κ3) is 2.87. The van der Waals surface area contributed by atoms with Crippen molar-refractivity contribution in [3.63, 3.8) is 0 Å². The molecule has 0 fully saturated rings. The van der Waals surface area contributed by atoms with E-state index in [2.05, 4.69) is 0 Å². The van der Waals surface area contributed by atoms with Crippen LogP contribution in [-0.2, 0) is 0 Å². The molecular formula is C13H12F3NO3. The Balaban J connectivity index is 2.14. The van der Waals surface area contributed by atoms with Crippen molar-refractivity contribution < 1.29 is 28.2 Å². The number of phenolic OH excluding ortho intramolecular Hbond substituents is 2. The van der Waals surface area contributed by atoms with Gasteiger partial charge in [0.15, 0.2) is 0 Å². The average molecular weight is 287 g/mol. The van der Waals surface area contributed by atoms with E-state index in [0.29, 0.717) is 0 Å². The fraction of sp³-hybridized carbons (Fsp3) is 0.308. The van der Waals surface area contributed by atoms with E-state index >= 15 is 0 Å². The summed E-state index contributed by atoms with van der Waals surface area (Å²) in [7, 11) is 0. The van der Waals surface area contributed by atoms with Crippen LogP contribution in [0, 0.1) is 0 Å². The fourth-order valence-corrected chi connectivity index (χ4v) is 1.98. The molecule has 20 heavy (non-hydrogen) atoms. The number of nitrogens with zero attached hydrogens (tertiary/aromatic N) is 1. The average Bonchev–Trinajstić information content (AvgIpc) is 2.37. The Morgan fingerprint density at radius 3 is 2.45 bits per heavy atom. The molecule has 1 heterocycles. The first-order valence-electron chi connectivity index (χ1n) is 5.86. The van der Waals surface area contributed by atoms with E-state index in [1.807, 2.05) is 0 Å². The number of amides is 1. The largest absolute Gasteiger partial charge is 0.508 e. The number of carbonyl (C=O) groups is 1. The maximum Gasteiger partial charge on any atom is 0.412 e. The third-order valence-electron chi connectivity index (χ3n) is 3.07. The molecule has 0 unspecified atom stereocenters. The molecule has 1 amide bonds. The molecule has 0 bridgehead atoms. The Bertz CT molecular complexity index is 566. The molecule has 1 aliphatic heterocycles. The number of aromatic hydroxyl groups is 2. The SMILES string of the molecule is O=C(c1ccc(O)cc1O)N1CC=C(C(F)(F)F)CC1. The highest BCUT2D eigenvalue weighted by molar-refractivity contribution is 5.97. The molecule has 0 saturated heterocycles. The topological polar surface area (TPSA) is 60.8 Å². The molecule has 1 aromatic carbocycles. The number of carbonyl (C=O) groups excluding carboxylic acids is 1. The van der Waals surface area contributed by atoms with Crippen molar-refractivity contribution in [2.24, 2.45) is 0 Å². The van der Waals surface area contributed by atoms with Crippen LogP contribution < -0.4 is 0 Å². The lowest BCUT2D eigenvalue weighted by molar-refractivity contribution is -0.0957. The molecule has 1 aromatic rings. The normalized spacial score (nSPS) is 15.9. The first-order chi connectivity index (χ1) is 9.29. The van der Waals surface area contributed by atoms with E-state index < -0.39 is 23.4 Å². The van der Waals surface area contributed by atoms with E-state index in [9.17, 15) is 23.1 Å². The molecule has 0 saturated carbocycles. The Hall–Kier alpha value is -2.18. The van der Waals surface area contributed by atoms with Crippen molar-refractivity contribution in [1.29, 1.82) is 0 Å². The molecule has 0 aromatic heterocycles. The molecule has 108 valence electrons. The molecule has 2 rings (SSSR count). The molecule has 2 N–H and O–H groups in total. The summed E-state index contributed by atoms with van der Waals surface area (Å²) in [6.07, 6.45) is -3.66. The number of halogens is 3. The van der Waals surface area contributed by atoms with Gasteiger partial charge >= 0.3 is 6.18 Å². The molecule has 0 spiro atoms. The maximum absolute atomic E-state index is 12.5. The number of rotatable bonds is 1. The highest BCUT2D eigenvalue weighted by Gasteiger charge is 2.35. The Morgan fingerprint density at radius 1 is 1.25 bits per heavy atom. The van der Waals surface area contributed by atoms with E-state index in [1.165, 1.54) is 17.0 Å². The standard InChI is InChI=1S/C13H12F3NO3/c14-13(15,16)8-3-5-17(6-4-8)12(20)10-2-1-9(18)7-11(10)19/h1-3,7,18-19H,4-6H2. The monoisotopic (exact) mass is 287 g/mol. The second kappa shape index (κ2) is 5.07. The number of hydrogen-bond acceptors (Lipinski definition) is 3. The van der Waals surface area contributed by atoms with Gasteiger partial charge in [0, 0.05) is 24.7 Å². The first-order valence-corrected chi connectivity index (χ1v) is 5.86. The Kier molecular flexibility index (Phi) is 3.61. The second-order valence-corrected chi connectivity index (χ2v) is 4.43. The van der Waals surface area contributed by atoms with Crippen LogP contribution >= 0.6 is 0 Å². The lowest BCUT2D eigenvalue weighted by Crippen LogP contribution is -2.36. The molecule has 1 aliphatic rings. The van der Waals surface area contributed by atoms with Gasteiger partial charge in [-0.15, -0.1) is 0 Å². The van der Waals surface area contributed by atoms with Gasteiger partial charge < -0.3 is 15.1 Å². The molecule has 7 heteroatoms. The minimum Gasteiger partial charge on any atom is -0.508 e. The van der Waals surface area contributed by atoms with E-state index in [1.54, 1.807) is 0 Å². The quantitative estimate of drug-likeness (QED) is 0.780. The summed E-state index contributed by atoms with van der Waals surface area (Å²) in [5.41, 5.74) is -0.692. The first kappa shape index (κ1) is 14.2. The lowest BCUT2D eigenvalue weighted by atomic mass is 10.1. The van der Waals surface area contributed by atoms with Gasteiger partial charge in [-0.05, 0) is 18.6 Å². The summed E-state index contributed by atoms with van der Waals surface area (Å²) in [5.74, 6) is -1.17. The predicted octanol–water partition coefficient (Wildman–Crippen LogP) is 2.43. The van der Waals surface area contributed by atoms with Gasteiger partial charge in [-0.1, -0.05) is 6.08 Å². The van der Waals surface area contributed by atoms with E-state index in [4.69, 9.17) is 5.11 Å². The summed E-state index contributed by atoms with van der Waals surface area (Å²) in [4.78, 5) is 13.3. The predicted molar refractivity (Wildman–Crippen MR) is 64.4 cm³/mol. The van der Waals surface area contributed by atoms with Crippen LogP contribution in [0.15, 0.2) is 29.8 Å². The zero-order valence-corrected chi connectivity index (χ0v) is 10.3. The molecule has 0 aliphatic carbocycles. The van der Waals surface area contributed by atoms with Gasteiger partial charge in [-0.25, -0.2) is 0 Å². The van der Waals surface area contributed by atoms with E-state index in [-0.39, 0.29) is 30.8 Å². The number of hydrogen-bond donors (Lipinski definition) is 2. The van der Waals surface area contributed by atoms with Crippen LogP contribution in [0.3, 0.4) is 0 Å². The van der Waals surface area contributed by atoms with Crippen molar-refractivity contribution in [2.45, 2.75) is 12.6 Å². The lowest BCUT2D eigenvalue weighted by Gasteiger charge is -2.27. The molecule has 4 nitrogen and oxygen atoms in total. The summed E-state index contributed by atoms with van der Waals surface area (Å²) in [5, 5.41) is 18.7. The minimum absolute atomic E-state index is 0.0494. The van der Waals surface area contributed by atoms with Crippen LogP contribution in [-0.4, -0.2) is 40.3 Å². The number of phenols is 2. The highest BCUT2D eigenvalue weighted by Crippen LogP contribution is 2.31. The summed E-state index contributed by atoms with van der Waals surface area (Å²) in [6.45, 7) is -0.224. The summed E-state index contributed by atoms with van der Waals surface area (Å²) < 4.78 is 37.4. The third-order valence-corrected chi connectivity index (χ3v) is 3.07. The van der Waals surface area contributed by atoms with Gasteiger partial charge in [0.25, 0.3) is 5.91 Å². The van der Waals surface area contributed by atoms with Crippen molar-refractivity contribution in [3.8, 4) is 11.5 Å². The van der Waals surface area contributed by atoms with Crippen LogP contribution in [0.2, 0.25) is 0 Å². The Labute approximate surface area is 112 Å². The summed E-state index contributed by atoms with van der Waals surface area (Å²) in [6, 6.07) is 3.47. The van der Waals surface area contributed by atoms with Crippen molar-refractivity contribution >= 4 is 5.91 Å². The second-order valence-electron chi connectivity index (χ2n) is 4.43. The number of alkyl halides is 3. The van der Waals surface area contributed by atoms with Gasteiger partial charge in [0.1, 0.15) is 11.5 Å². The highest BCUT2D eigenvalue weighted by atomic mass is 19.4. The Morgan fingerprint density at radius 2 is 1.95 bits per heavy atom. The van der Waals surface area contributed by atoms with Crippen molar-refractivity contribution in [1.82, 2.24) is 4.90 Å². The smallest absolute Gasteiger partial charge is 0.412 e.